The standard InChI is InChI=1S/C16H28N4O7S/c1-8(2)5-11(20-14(25)9(17)7-28)16(27)19-10(3-4-12(21)22)15(26)18-6-13(23)24/h8-11,28H,3-7,17H2,1-2H3,(H,18,26)(H,19,27)(H,20,25)(H,21,22)(H,23,24). The minimum Gasteiger partial charge on any atom is -0.481 e. The van der Waals surface area contributed by atoms with Crippen LogP contribution in [0.2, 0.25) is 0 Å². The zero-order valence-electron chi connectivity index (χ0n) is 15.8. The number of carbonyl (C=O) groups excluding carboxylic acids is 3. The second kappa shape index (κ2) is 12.9. The number of amides is 3. The maximum atomic E-state index is 12.6. The second-order valence-corrected chi connectivity index (χ2v) is 6.95. The van der Waals surface area contributed by atoms with Crippen molar-refractivity contribution in [3.8, 4) is 0 Å². The van der Waals surface area contributed by atoms with Gasteiger partial charge in [0.25, 0.3) is 0 Å². The van der Waals surface area contributed by atoms with Crippen LogP contribution in [-0.2, 0) is 24.0 Å². The van der Waals surface area contributed by atoms with Crippen LogP contribution in [0.1, 0.15) is 33.1 Å². The van der Waals surface area contributed by atoms with E-state index in [0.717, 1.165) is 0 Å². The fourth-order valence-electron chi connectivity index (χ4n) is 2.16. The Morgan fingerprint density at radius 3 is 1.96 bits per heavy atom. The zero-order chi connectivity index (χ0) is 21.9. The predicted octanol–water partition coefficient (Wildman–Crippen LogP) is -1.68. The van der Waals surface area contributed by atoms with Gasteiger partial charge in [0.2, 0.25) is 17.7 Å². The molecule has 0 aromatic carbocycles. The highest BCUT2D eigenvalue weighted by atomic mass is 32.1. The second-order valence-electron chi connectivity index (χ2n) is 6.58. The van der Waals surface area contributed by atoms with E-state index >= 15 is 0 Å². The molecule has 160 valence electrons. The van der Waals surface area contributed by atoms with E-state index in [4.69, 9.17) is 15.9 Å². The number of rotatable bonds is 13. The van der Waals surface area contributed by atoms with Crippen LogP contribution in [0, 0.1) is 5.92 Å². The van der Waals surface area contributed by atoms with Crippen LogP contribution in [0.5, 0.6) is 0 Å². The smallest absolute Gasteiger partial charge is 0.322 e. The van der Waals surface area contributed by atoms with Crippen molar-refractivity contribution in [1.82, 2.24) is 16.0 Å². The summed E-state index contributed by atoms with van der Waals surface area (Å²) in [6.45, 7) is 2.97. The van der Waals surface area contributed by atoms with Crippen LogP contribution < -0.4 is 21.7 Å². The molecule has 7 N–H and O–H groups in total. The molecule has 0 saturated heterocycles. The number of carbonyl (C=O) groups is 5. The number of thiol groups is 1. The van der Waals surface area contributed by atoms with Crippen molar-refractivity contribution in [1.29, 1.82) is 0 Å². The Balaban J connectivity index is 5.23. The highest BCUT2D eigenvalue weighted by Gasteiger charge is 2.28. The van der Waals surface area contributed by atoms with Gasteiger partial charge in [0, 0.05) is 12.2 Å². The molecule has 3 atom stereocenters. The lowest BCUT2D eigenvalue weighted by molar-refractivity contribution is -0.140. The maximum Gasteiger partial charge on any atom is 0.322 e. The molecule has 0 spiro atoms. The first-order chi connectivity index (χ1) is 13.0. The zero-order valence-corrected chi connectivity index (χ0v) is 16.7. The van der Waals surface area contributed by atoms with E-state index in [9.17, 15) is 24.0 Å². The third kappa shape index (κ3) is 10.7. The quantitative estimate of drug-likeness (QED) is 0.172. The van der Waals surface area contributed by atoms with Crippen molar-refractivity contribution in [2.45, 2.75) is 51.2 Å². The summed E-state index contributed by atoms with van der Waals surface area (Å²) >= 11 is 3.93. The highest BCUT2D eigenvalue weighted by Crippen LogP contribution is 2.07. The van der Waals surface area contributed by atoms with E-state index in [2.05, 4.69) is 28.6 Å². The monoisotopic (exact) mass is 420 g/mol. The summed E-state index contributed by atoms with van der Waals surface area (Å²) < 4.78 is 0. The molecule has 0 aromatic rings. The molecule has 0 aromatic heterocycles. The van der Waals surface area contributed by atoms with Crippen LogP contribution in [0.15, 0.2) is 0 Å². The Morgan fingerprint density at radius 1 is 0.929 bits per heavy atom. The molecule has 12 heteroatoms. The first kappa shape index (κ1) is 25.7. The van der Waals surface area contributed by atoms with Crippen molar-refractivity contribution in [2.75, 3.05) is 12.3 Å². The van der Waals surface area contributed by atoms with E-state index in [1.165, 1.54) is 0 Å². The SMILES string of the molecule is CC(C)CC(NC(=O)C(N)CS)C(=O)NC(CCC(=O)O)C(=O)NCC(=O)O. The highest BCUT2D eigenvalue weighted by molar-refractivity contribution is 7.80. The number of aliphatic carboxylic acids is 2. The van der Waals surface area contributed by atoms with Gasteiger partial charge in [-0.1, -0.05) is 13.8 Å². The fraction of sp³-hybridized carbons (Fsp3) is 0.688. The van der Waals surface area contributed by atoms with E-state index in [1.54, 1.807) is 0 Å². The third-order valence-corrected chi connectivity index (χ3v) is 3.96. The van der Waals surface area contributed by atoms with Crippen LogP contribution in [-0.4, -0.2) is 70.3 Å². The number of carboxylic acid groups (broad SMARTS) is 2. The van der Waals surface area contributed by atoms with Gasteiger partial charge in [0.05, 0.1) is 6.04 Å². The molecular formula is C16H28N4O7S. The molecule has 0 aliphatic carbocycles. The van der Waals surface area contributed by atoms with Crippen molar-refractivity contribution < 1.29 is 34.2 Å². The van der Waals surface area contributed by atoms with Gasteiger partial charge in [0.1, 0.15) is 18.6 Å². The van der Waals surface area contributed by atoms with Gasteiger partial charge in [-0.05, 0) is 18.8 Å². The molecule has 3 unspecified atom stereocenters. The summed E-state index contributed by atoms with van der Waals surface area (Å²) in [7, 11) is 0. The topological polar surface area (TPSA) is 188 Å². The lowest BCUT2D eigenvalue weighted by atomic mass is 10.0. The molecule has 0 heterocycles. The molecule has 0 rings (SSSR count). The minimum absolute atomic E-state index is 0.0154. The molecule has 3 amide bonds. The Morgan fingerprint density at radius 2 is 1.50 bits per heavy atom. The van der Waals surface area contributed by atoms with Gasteiger partial charge in [-0.25, -0.2) is 0 Å². The summed E-state index contributed by atoms with van der Waals surface area (Å²) in [5.74, 6) is -4.51. The molecule has 0 aliphatic rings. The molecule has 0 saturated carbocycles. The summed E-state index contributed by atoms with van der Waals surface area (Å²) in [5, 5.41) is 24.4. The molecule has 28 heavy (non-hydrogen) atoms. The minimum atomic E-state index is -1.29. The van der Waals surface area contributed by atoms with Crippen LogP contribution >= 0.6 is 12.6 Å². The Bertz CT molecular complexity index is 585. The molecule has 0 bridgehead atoms. The Labute approximate surface area is 168 Å². The molecular weight excluding hydrogens is 392 g/mol. The number of carboxylic acids is 2. The number of nitrogens with one attached hydrogen (secondary N) is 3. The lowest BCUT2D eigenvalue weighted by Crippen LogP contribution is -2.56. The molecule has 0 radical (unpaired) electrons. The van der Waals surface area contributed by atoms with E-state index in [-0.39, 0.29) is 24.5 Å². The average molecular weight is 420 g/mol. The molecule has 0 fully saturated rings. The number of hydrogen-bond acceptors (Lipinski definition) is 7. The summed E-state index contributed by atoms with van der Waals surface area (Å²) in [6, 6.07) is -3.20. The Kier molecular flexibility index (Phi) is 11.9. The third-order valence-electron chi connectivity index (χ3n) is 3.57. The number of nitrogens with two attached hydrogens (primary N) is 1. The average Bonchev–Trinajstić information content (AvgIpc) is 2.60. The summed E-state index contributed by atoms with van der Waals surface area (Å²) in [5.41, 5.74) is 5.59. The van der Waals surface area contributed by atoms with E-state index < -0.39 is 60.8 Å². The van der Waals surface area contributed by atoms with Crippen molar-refractivity contribution in [3.63, 3.8) is 0 Å². The van der Waals surface area contributed by atoms with Crippen LogP contribution in [0.25, 0.3) is 0 Å². The molecule has 0 aliphatic heterocycles. The lowest BCUT2D eigenvalue weighted by Gasteiger charge is -2.24. The number of hydrogen-bond donors (Lipinski definition) is 7. The molecule has 11 nitrogen and oxygen atoms in total. The van der Waals surface area contributed by atoms with Gasteiger partial charge in [-0.15, -0.1) is 0 Å². The van der Waals surface area contributed by atoms with Crippen LogP contribution in [0.4, 0.5) is 0 Å². The van der Waals surface area contributed by atoms with Gasteiger partial charge < -0.3 is 31.9 Å². The van der Waals surface area contributed by atoms with Gasteiger partial charge in [0.15, 0.2) is 0 Å². The van der Waals surface area contributed by atoms with Crippen molar-refractivity contribution >= 4 is 42.3 Å². The van der Waals surface area contributed by atoms with Gasteiger partial charge in [-0.2, -0.15) is 12.6 Å². The van der Waals surface area contributed by atoms with E-state index in [0.29, 0.717) is 0 Å². The summed E-state index contributed by atoms with van der Waals surface area (Å²) in [6.07, 6.45) is -0.415. The van der Waals surface area contributed by atoms with Crippen molar-refractivity contribution in [3.05, 3.63) is 0 Å². The fourth-order valence-corrected chi connectivity index (χ4v) is 2.33. The summed E-state index contributed by atoms with van der Waals surface area (Å²) in [4.78, 5) is 58.1. The Hall–Kier alpha value is -2.34. The van der Waals surface area contributed by atoms with Crippen LogP contribution in [0.3, 0.4) is 0 Å². The maximum absolute atomic E-state index is 12.6. The van der Waals surface area contributed by atoms with Gasteiger partial charge in [-0.3, -0.25) is 24.0 Å². The van der Waals surface area contributed by atoms with Gasteiger partial charge >= 0.3 is 11.9 Å². The first-order valence-corrected chi connectivity index (χ1v) is 9.29. The normalized spacial score (nSPS) is 13.9. The van der Waals surface area contributed by atoms with Crippen molar-refractivity contribution in [2.24, 2.45) is 11.7 Å². The largest absolute Gasteiger partial charge is 0.481 e. The van der Waals surface area contributed by atoms with E-state index in [1.807, 2.05) is 13.8 Å². The predicted molar refractivity (Wildman–Crippen MR) is 103 cm³/mol. The first-order valence-electron chi connectivity index (χ1n) is 8.66.